The molecule has 22 heavy (non-hydrogen) atoms. The molecule has 0 aliphatic carbocycles. The van der Waals surface area contributed by atoms with Gasteiger partial charge in [0.25, 0.3) is 0 Å². The zero-order chi connectivity index (χ0) is 15.4. The van der Waals surface area contributed by atoms with Crippen LogP contribution in [0.2, 0.25) is 0 Å². The van der Waals surface area contributed by atoms with Crippen molar-refractivity contribution < 1.29 is 9.21 Å². The molecule has 3 rings (SSSR count). The molecular weight excluding hydrogens is 316 g/mol. The van der Waals surface area contributed by atoms with Gasteiger partial charge in [0.2, 0.25) is 11.8 Å². The van der Waals surface area contributed by atoms with Gasteiger partial charge >= 0.3 is 0 Å². The number of carbonyl (C=O) groups excluding carboxylic acids is 1. The van der Waals surface area contributed by atoms with Gasteiger partial charge in [0.1, 0.15) is 5.76 Å². The fraction of sp³-hybridized carbons (Fsp3) is 0.250. The second-order valence-electron chi connectivity index (χ2n) is 4.86. The van der Waals surface area contributed by atoms with E-state index in [2.05, 4.69) is 16.4 Å². The molecule has 0 spiro atoms. The topological polar surface area (TPSA) is 55.1 Å². The molecule has 0 atom stereocenters. The Labute approximate surface area is 136 Å². The van der Waals surface area contributed by atoms with Crippen LogP contribution >= 0.6 is 22.7 Å². The number of aromatic nitrogens is 1. The summed E-state index contributed by atoms with van der Waals surface area (Å²) in [6, 6.07) is 8.01. The molecule has 0 saturated carbocycles. The first-order chi connectivity index (χ1) is 10.7. The van der Waals surface area contributed by atoms with Crippen molar-refractivity contribution in [2.75, 3.05) is 6.54 Å². The van der Waals surface area contributed by atoms with Crippen molar-refractivity contribution in [3.63, 3.8) is 0 Å². The van der Waals surface area contributed by atoms with Crippen LogP contribution in [0.4, 0.5) is 0 Å². The van der Waals surface area contributed by atoms with Gasteiger partial charge in [-0.15, -0.1) is 22.7 Å². The molecule has 114 valence electrons. The van der Waals surface area contributed by atoms with Gasteiger partial charge in [-0.05, 0) is 36.2 Å². The number of nitrogens with one attached hydrogen (secondary N) is 1. The summed E-state index contributed by atoms with van der Waals surface area (Å²) in [6.45, 7) is 2.49. The molecular formula is C16H16N2O2S2. The Kier molecular flexibility index (Phi) is 4.70. The predicted molar refractivity (Wildman–Crippen MR) is 89.3 cm³/mol. The van der Waals surface area contributed by atoms with Crippen molar-refractivity contribution in [3.8, 4) is 10.8 Å². The Balaban J connectivity index is 1.55. The monoisotopic (exact) mass is 332 g/mol. The SMILES string of the molecule is Cc1oc(-c2cccs2)nc1CC(=O)NCCc1cccs1. The van der Waals surface area contributed by atoms with Crippen LogP contribution in [-0.4, -0.2) is 17.4 Å². The first-order valence-corrected chi connectivity index (χ1v) is 8.77. The van der Waals surface area contributed by atoms with Crippen LogP contribution < -0.4 is 5.32 Å². The van der Waals surface area contributed by atoms with E-state index in [0.29, 0.717) is 23.9 Å². The molecule has 4 nitrogen and oxygen atoms in total. The van der Waals surface area contributed by atoms with Crippen LogP contribution in [0.1, 0.15) is 16.3 Å². The number of hydrogen-bond donors (Lipinski definition) is 1. The Morgan fingerprint density at radius 3 is 2.82 bits per heavy atom. The number of rotatable bonds is 6. The first-order valence-electron chi connectivity index (χ1n) is 7.01. The van der Waals surface area contributed by atoms with E-state index in [0.717, 1.165) is 11.3 Å². The van der Waals surface area contributed by atoms with Crippen LogP contribution in [0, 0.1) is 6.92 Å². The maximum atomic E-state index is 12.0. The molecule has 3 aromatic rings. The van der Waals surface area contributed by atoms with Crippen molar-refractivity contribution in [2.24, 2.45) is 0 Å². The van der Waals surface area contributed by atoms with E-state index in [4.69, 9.17) is 4.42 Å². The van der Waals surface area contributed by atoms with E-state index in [1.165, 1.54) is 4.88 Å². The number of amides is 1. The highest BCUT2D eigenvalue weighted by Crippen LogP contribution is 2.25. The van der Waals surface area contributed by atoms with Crippen LogP contribution in [-0.2, 0) is 17.6 Å². The molecule has 1 N–H and O–H groups in total. The second kappa shape index (κ2) is 6.89. The molecule has 6 heteroatoms. The summed E-state index contributed by atoms with van der Waals surface area (Å²) in [4.78, 5) is 18.7. The molecule has 3 heterocycles. The van der Waals surface area contributed by atoms with Gasteiger partial charge in [-0.3, -0.25) is 4.79 Å². The average Bonchev–Trinajstić information content (AvgIpc) is 3.21. The van der Waals surface area contributed by atoms with Gasteiger partial charge in [0.15, 0.2) is 0 Å². The van der Waals surface area contributed by atoms with Gasteiger partial charge in [-0.1, -0.05) is 12.1 Å². The van der Waals surface area contributed by atoms with E-state index >= 15 is 0 Å². The van der Waals surface area contributed by atoms with E-state index in [1.54, 1.807) is 22.7 Å². The highest BCUT2D eigenvalue weighted by Gasteiger charge is 2.15. The maximum absolute atomic E-state index is 12.0. The minimum Gasteiger partial charge on any atom is -0.440 e. The number of thiophene rings is 2. The van der Waals surface area contributed by atoms with Crippen molar-refractivity contribution >= 4 is 28.6 Å². The first kappa shape index (κ1) is 15.0. The fourth-order valence-electron chi connectivity index (χ4n) is 2.09. The van der Waals surface area contributed by atoms with Crippen LogP contribution in [0.3, 0.4) is 0 Å². The Morgan fingerprint density at radius 2 is 2.09 bits per heavy atom. The minimum absolute atomic E-state index is 0.0225. The lowest BCUT2D eigenvalue weighted by atomic mass is 10.2. The highest BCUT2D eigenvalue weighted by atomic mass is 32.1. The summed E-state index contributed by atoms with van der Waals surface area (Å²) in [5, 5.41) is 6.95. The Morgan fingerprint density at radius 1 is 1.27 bits per heavy atom. The molecule has 1 amide bonds. The number of carbonyl (C=O) groups is 1. The molecule has 0 fully saturated rings. The lowest BCUT2D eigenvalue weighted by molar-refractivity contribution is -0.120. The summed E-state index contributed by atoms with van der Waals surface area (Å²) >= 11 is 3.28. The van der Waals surface area contributed by atoms with Crippen LogP contribution in [0.5, 0.6) is 0 Å². The molecule has 0 aliphatic heterocycles. The maximum Gasteiger partial charge on any atom is 0.236 e. The van der Waals surface area contributed by atoms with E-state index < -0.39 is 0 Å². The standard InChI is InChI=1S/C16H16N2O2S2/c1-11-13(18-16(20-11)14-5-3-9-22-14)10-15(19)17-7-6-12-4-2-8-21-12/h2-5,8-9H,6-7,10H2,1H3,(H,17,19). The van der Waals surface area contributed by atoms with E-state index in [-0.39, 0.29) is 12.3 Å². The number of aryl methyl sites for hydroxylation is 1. The zero-order valence-corrected chi connectivity index (χ0v) is 13.8. The fourth-order valence-corrected chi connectivity index (χ4v) is 3.45. The van der Waals surface area contributed by atoms with Crippen molar-refractivity contribution in [2.45, 2.75) is 19.8 Å². The third-order valence-electron chi connectivity index (χ3n) is 3.23. The minimum atomic E-state index is -0.0225. The molecule has 0 aromatic carbocycles. The van der Waals surface area contributed by atoms with Crippen molar-refractivity contribution in [1.82, 2.24) is 10.3 Å². The quantitative estimate of drug-likeness (QED) is 0.749. The predicted octanol–water partition coefficient (Wildman–Crippen LogP) is 3.67. The van der Waals surface area contributed by atoms with Gasteiger partial charge in [-0.25, -0.2) is 4.98 Å². The van der Waals surface area contributed by atoms with Gasteiger partial charge in [0, 0.05) is 11.4 Å². The largest absolute Gasteiger partial charge is 0.440 e. The molecule has 0 unspecified atom stereocenters. The highest BCUT2D eigenvalue weighted by molar-refractivity contribution is 7.13. The zero-order valence-electron chi connectivity index (χ0n) is 12.2. The Hall–Kier alpha value is -1.92. The van der Waals surface area contributed by atoms with Gasteiger partial charge in [-0.2, -0.15) is 0 Å². The summed E-state index contributed by atoms with van der Waals surface area (Å²) in [7, 11) is 0. The lowest BCUT2D eigenvalue weighted by Crippen LogP contribution is -2.27. The smallest absolute Gasteiger partial charge is 0.236 e. The molecule has 0 saturated heterocycles. The molecule has 0 bridgehead atoms. The number of oxazole rings is 1. The third-order valence-corrected chi connectivity index (χ3v) is 5.02. The number of hydrogen-bond acceptors (Lipinski definition) is 5. The summed E-state index contributed by atoms with van der Waals surface area (Å²) in [5.74, 6) is 1.27. The summed E-state index contributed by atoms with van der Waals surface area (Å²) < 4.78 is 5.64. The van der Waals surface area contributed by atoms with Crippen molar-refractivity contribution in [3.05, 3.63) is 51.4 Å². The number of nitrogens with zero attached hydrogens (tertiary/aromatic N) is 1. The molecule has 3 aromatic heterocycles. The second-order valence-corrected chi connectivity index (χ2v) is 6.84. The third kappa shape index (κ3) is 3.64. The Bertz CT molecular complexity index is 730. The van der Waals surface area contributed by atoms with Crippen LogP contribution in [0.15, 0.2) is 39.4 Å². The average molecular weight is 332 g/mol. The van der Waals surface area contributed by atoms with Crippen molar-refractivity contribution in [1.29, 1.82) is 0 Å². The summed E-state index contributed by atoms with van der Waals surface area (Å²) in [5.41, 5.74) is 0.706. The molecule has 0 aliphatic rings. The van der Waals surface area contributed by atoms with E-state index in [1.807, 2.05) is 35.9 Å². The molecule has 0 radical (unpaired) electrons. The normalized spacial score (nSPS) is 10.8. The summed E-state index contributed by atoms with van der Waals surface area (Å²) in [6.07, 6.45) is 1.12. The van der Waals surface area contributed by atoms with Crippen LogP contribution in [0.25, 0.3) is 10.8 Å². The van der Waals surface area contributed by atoms with Gasteiger partial charge < -0.3 is 9.73 Å². The van der Waals surface area contributed by atoms with E-state index in [9.17, 15) is 4.79 Å². The van der Waals surface area contributed by atoms with Gasteiger partial charge in [0.05, 0.1) is 17.0 Å². The lowest BCUT2D eigenvalue weighted by Gasteiger charge is -2.02.